The molecule has 1 saturated carbocycles. The summed E-state index contributed by atoms with van der Waals surface area (Å²) >= 11 is 0. The molecule has 168 valence electrons. The van der Waals surface area contributed by atoms with Crippen LogP contribution in [0.2, 0.25) is 0 Å². The zero-order valence-electron chi connectivity index (χ0n) is 17.2. The Balaban J connectivity index is 1.58. The molecule has 0 bridgehead atoms. The fourth-order valence-corrected chi connectivity index (χ4v) is 6.08. The molecule has 1 N–H and O–H groups in total. The van der Waals surface area contributed by atoms with E-state index in [2.05, 4.69) is 5.32 Å². The molecule has 0 spiro atoms. The number of rotatable bonds is 5. The lowest BCUT2D eigenvalue weighted by atomic mass is 9.98. The van der Waals surface area contributed by atoms with E-state index in [0.29, 0.717) is 5.92 Å². The Bertz CT molecular complexity index is 1000. The van der Waals surface area contributed by atoms with E-state index in [1.807, 2.05) is 24.3 Å². The third-order valence-corrected chi connectivity index (χ3v) is 8.19. The Labute approximate surface area is 181 Å². The molecule has 1 aliphatic carbocycles. The van der Waals surface area contributed by atoms with Crippen molar-refractivity contribution in [1.29, 1.82) is 0 Å². The predicted octanol–water partition coefficient (Wildman–Crippen LogP) is 5.66. The normalized spacial score (nSPS) is 20.8. The van der Waals surface area contributed by atoms with Gasteiger partial charge in [0.2, 0.25) is 10.0 Å². The predicted molar refractivity (Wildman–Crippen MR) is 114 cm³/mol. The van der Waals surface area contributed by atoms with Gasteiger partial charge in [0.05, 0.1) is 10.5 Å². The summed E-state index contributed by atoms with van der Waals surface area (Å²) in [6, 6.07) is 11.3. The van der Waals surface area contributed by atoms with Crippen molar-refractivity contribution in [3.05, 3.63) is 59.7 Å². The Morgan fingerprint density at radius 3 is 2.32 bits per heavy atom. The number of nitrogens with zero attached hydrogens (tertiary/aromatic N) is 1. The number of benzene rings is 2. The first-order chi connectivity index (χ1) is 14.7. The highest BCUT2D eigenvalue weighted by Gasteiger charge is 2.33. The molecule has 2 aliphatic rings. The molecular weight excluding hydrogens is 425 g/mol. The van der Waals surface area contributed by atoms with Crippen LogP contribution < -0.4 is 5.32 Å². The number of hydrogen-bond donors (Lipinski definition) is 1. The number of para-hydroxylation sites is 1. The second kappa shape index (κ2) is 8.82. The maximum atomic E-state index is 13.3. The summed E-state index contributed by atoms with van der Waals surface area (Å²) in [6.07, 6.45) is 2.40. The molecule has 1 aliphatic heterocycles. The van der Waals surface area contributed by atoms with E-state index < -0.39 is 21.8 Å². The summed E-state index contributed by atoms with van der Waals surface area (Å²) in [4.78, 5) is -0.116. The van der Waals surface area contributed by atoms with Gasteiger partial charge in [-0.05, 0) is 54.7 Å². The summed E-state index contributed by atoms with van der Waals surface area (Å²) in [5.41, 5.74) is 0.925. The van der Waals surface area contributed by atoms with Crippen molar-refractivity contribution >= 4 is 15.7 Å². The van der Waals surface area contributed by atoms with Gasteiger partial charge >= 0.3 is 6.18 Å². The molecule has 31 heavy (non-hydrogen) atoms. The zero-order chi connectivity index (χ0) is 22.1. The van der Waals surface area contributed by atoms with Gasteiger partial charge in [0.1, 0.15) is 0 Å². The van der Waals surface area contributed by atoms with Crippen molar-refractivity contribution in [3.63, 3.8) is 0 Å². The molecule has 8 heteroatoms. The topological polar surface area (TPSA) is 49.4 Å². The van der Waals surface area contributed by atoms with Gasteiger partial charge in [-0.1, -0.05) is 43.9 Å². The lowest BCUT2D eigenvalue weighted by Gasteiger charge is -2.25. The smallest absolute Gasteiger partial charge is 0.381 e. The van der Waals surface area contributed by atoms with Crippen LogP contribution in [0, 0.1) is 5.92 Å². The van der Waals surface area contributed by atoms with Gasteiger partial charge in [-0.2, -0.15) is 17.5 Å². The highest BCUT2D eigenvalue weighted by molar-refractivity contribution is 7.89. The van der Waals surface area contributed by atoms with E-state index in [9.17, 15) is 21.6 Å². The number of nitrogens with one attached hydrogen (secondary N) is 1. The Hall–Kier alpha value is -2.06. The number of fused-ring (bicyclic) bond motifs is 1. The Kier molecular flexibility index (Phi) is 6.30. The molecule has 2 aromatic carbocycles. The van der Waals surface area contributed by atoms with E-state index in [-0.39, 0.29) is 24.0 Å². The summed E-state index contributed by atoms with van der Waals surface area (Å²) < 4.78 is 66.7. The van der Waals surface area contributed by atoms with E-state index in [4.69, 9.17) is 0 Å². The maximum Gasteiger partial charge on any atom is 0.416 e. The van der Waals surface area contributed by atoms with Crippen molar-refractivity contribution in [2.45, 2.75) is 62.2 Å². The number of alkyl halides is 3. The van der Waals surface area contributed by atoms with Gasteiger partial charge < -0.3 is 5.32 Å². The number of anilines is 1. The quantitative estimate of drug-likeness (QED) is 0.637. The monoisotopic (exact) mass is 452 g/mol. The van der Waals surface area contributed by atoms with E-state index >= 15 is 0 Å². The van der Waals surface area contributed by atoms with Crippen molar-refractivity contribution < 1.29 is 21.6 Å². The zero-order valence-corrected chi connectivity index (χ0v) is 18.1. The third-order valence-electron chi connectivity index (χ3n) is 6.37. The lowest BCUT2D eigenvalue weighted by molar-refractivity contribution is -0.137. The molecule has 0 amide bonds. The molecule has 2 aromatic rings. The first-order valence-electron chi connectivity index (χ1n) is 10.8. The van der Waals surface area contributed by atoms with Crippen LogP contribution in [0.4, 0.5) is 18.9 Å². The van der Waals surface area contributed by atoms with Gasteiger partial charge in [0, 0.05) is 24.8 Å². The Morgan fingerprint density at radius 2 is 1.65 bits per heavy atom. The second-order valence-electron chi connectivity index (χ2n) is 8.55. The number of halogens is 3. The van der Waals surface area contributed by atoms with Crippen LogP contribution in [0.5, 0.6) is 0 Å². The molecule has 0 aromatic heterocycles. The summed E-state index contributed by atoms with van der Waals surface area (Å²) in [6.45, 7) is 0.469. The molecule has 4 rings (SSSR count). The van der Waals surface area contributed by atoms with Crippen molar-refractivity contribution in [3.8, 4) is 0 Å². The van der Waals surface area contributed by atoms with Gasteiger partial charge in [-0.3, -0.25) is 0 Å². The van der Waals surface area contributed by atoms with Gasteiger partial charge in [-0.25, -0.2) is 8.42 Å². The van der Waals surface area contributed by atoms with Crippen LogP contribution in [0.25, 0.3) is 0 Å². The van der Waals surface area contributed by atoms with Crippen LogP contribution in [0.15, 0.2) is 53.4 Å². The largest absolute Gasteiger partial charge is 0.416 e. The number of hydrogen-bond acceptors (Lipinski definition) is 3. The van der Waals surface area contributed by atoms with Crippen LogP contribution in [-0.4, -0.2) is 25.3 Å². The van der Waals surface area contributed by atoms with Crippen molar-refractivity contribution in [1.82, 2.24) is 4.31 Å². The first kappa shape index (κ1) is 22.1. The van der Waals surface area contributed by atoms with Gasteiger partial charge in [-0.15, -0.1) is 0 Å². The minimum atomic E-state index is -4.50. The SMILES string of the molecule is O=S(=O)(c1ccc(C(F)(F)F)cc1)N1Cc2ccccc2NC(CCC2CCCC2)C1. The molecule has 1 fully saturated rings. The molecule has 0 radical (unpaired) electrons. The third kappa shape index (κ3) is 5.06. The molecular formula is C23H27F3N2O2S. The fourth-order valence-electron chi connectivity index (χ4n) is 4.61. The fraction of sp³-hybridized carbons (Fsp3) is 0.478. The highest BCUT2D eigenvalue weighted by Crippen LogP contribution is 2.33. The average molecular weight is 453 g/mol. The first-order valence-corrected chi connectivity index (χ1v) is 12.2. The van der Waals surface area contributed by atoms with Crippen molar-refractivity contribution in [2.24, 2.45) is 5.92 Å². The van der Waals surface area contributed by atoms with E-state index in [0.717, 1.165) is 48.4 Å². The Morgan fingerprint density at radius 1 is 0.968 bits per heavy atom. The minimum absolute atomic E-state index is 0.0477. The number of sulfonamides is 1. The van der Waals surface area contributed by atoms with Crippen LogP contribution >= 0.6 is 0 Å². The van der Waals surface area contributed by atoms with E-state index in [1.54, 1.807) is 0 Å². The molecule has 4 nitrogen and oxygen atoms in total. The molecule has 1 heterocycles. The van der Waals surface area contributed by atoms with Gasteiger partial charge in [0.15, 0.2) is 0 Å². The standard InChI is InChI=1S/C23H27F3N2O2S/c24-23(25,26)19-10-13-21(14-11-19)31(29,30)28-15-18-7-3-4-8-22(18)27-20(16-28)12-9-17-5-1-2-6-17/h3-4,7-8,10-11,13-14,17,20,27H,1-2,5-6,9,12,15-16H2. The molecule has 0 saturated heterocycles. The van der Waals surface area contributed by atoms with E-state index in [1.165, 1.54) is 30.0 Å². The summed E-state index contributed by atoms with van der Waals surface area (Å²) in [7, 11) is -3.93. The maximum absolute atomic E-state index is 13.3. The minimum Gasteiger partial charge on any atom is -0.381 e. The van der Waals surface area contributed by atoms with Crippen LogP contribution in [0.1, 0.15) is 49.7 Å². The highest BCUT2D eigenvalue weighted by atomic mass is 32.2. The average Bonchev–Trinajstić information content (AvgIpc) is 3.18. The summed E-state index contributed by atoms with van der Waals surface area (Å²) in [5, 5.41) is 3.51. The molecule has 1 unspecified atom stereocenters. The summed E-state index contributed by atoms with van der Waals surface area (Å²) in [5.74, 6) is 0.695. The second-order valence-corrected chi connectivity index (χ2v) is 10.5. The lowest BCUT2D eigenvalue weighted by Crippen LogP contribution is -2.38. The van der Waals surface area contributed by atoms with Gasteiger partial charge in [0.25, 0.3) is 0 Å². The van der Waals surface area contributed by atoms with Crippen molar-refractivity contribution in [2.75, 3.05) is 11.9 Å². The van der Waals surface area contributed by atoms with Crippen LogP contribution in [0.3, 0.4) is 0 Å². The molecule has 1 atom stereocenters. The van der Waals surface area contributed by atoms with Crippen LogP contribution in [-0.2, 0) is 22.7 Å².